The summed E-state index contributed by atoms with van der Waals surface area (Å²) >= 11 is 0. The Hall–Kier alpha value is -3.50. The Morgan fingerprint density at radius 2 is 2.00 bits per heavy atom. The van der Waals surface area contributed by atoms with Gasteiger partial charge in [0.1, 0.15) is 12.4 Å². The summed E-state index contributed by atoms with van der Waals surface area (Å²) in [6, 6.07) is 5.02. The lowest BCUT2D eigenvalue weighted by Crippen LogP contribution is -2.42. The molecule has 11 heteroatoms. The lowest BCUT2D eigenvalue weighted by molar-refractivity contribution is -0.138. The molecule has 6 nitrogen and oxygen atoms in total. The van der Waals surface area contributed by atoms with Gasteiger partial charge in [0, 0.05) is 25.1 Å². The fourth-order valence-electron chi connectivity index (χ4n) is 3.08. The number of alkyl halides is 3. The Balaban J connectivity index is 1.78. The average molecular weight is 454 g/mol. The zero-order chi connectivity index (χ0) is 23.5. The first kappa shape index (κ1) is 23.2. The predicted molar refractivity (Wildman–Crippen MR) is 104 cm³/mol. The minimum atomic E-state index is -4.73. The summed E-state index contributed by atoms with van der Waals surface area (Å²) in [7, 11) is 0. The topological polar surface area (TPSA) is 60.2 Å². The van der Waals surface area contributed by atoms with Crippen molar-refractivity contribution in [1.29, 1.82) is 0 Å². The summed E-state index contributed by atoms with van der Waals surface area (Å²) in [5.74, 6) is -3.02. The highest BCUT2D eigenvalue weighted by Gasteiger charge is 2.32. The number of carbonyl (C=O) groups is 1. The number of pyridine rings is 1. The van der Waals surface area contributed by atoms with Gasteiger partial charge < -0.3 is 9.64 Å². The van der Waals surface area contributed by atoms with Gasteiger partial charge in [-0.05, 0) is 44.2 Å². The molecular weight excluding hydrogens is 435 g/mol. The monoisotopic (exact) mass is 454 g/mol. The molecule has 0 saturated heterocycles. The highest BCUT2D eigenvalue weighted by atomic mass is 19.4. The van der Waals surface area contributed by atoms with Gasteiger partial charge in [0.25, 0.3) is 5.91 Å². The minimum absolute atomic E-state index is 0.0567. The number of hydrogen-bond donors (Lipinski definition) is 0. The van der Waals surface area contributed by atoms with Gasteiger partial charge in [-0.2, -0.15) is 18.3 Å². The number of aromatic nitrogens is 3. The largest absolute Gasteiger partial charge is 0.473 e. The van der Waals surface area contributed by atoms with Crippen molar-refractivity contribution in [3.05, 3.63) is 71.7 Å². The predicted octanol–water partition coefficient (Wildman–Crippen LogP) is 4.49. The second-order valence-corrected chi connectivity index (χ2v) is 6.87. The lowest BCUT2D eigenvalue weighted by atomic mass is 10.1. The molecule has 170 valence electrons. The molecule has 1 aromatic carbocycles. The van der Waals surface area contributed by atoms with E-state index < -0.39 is 41.2 Å². The molecule has 0 aliphatic carbocycles. The van der Waals surface area contributed by atoms with Crippen LogP contribution >= 0.6 is 0 Å². The molecule has 3 aromatic rings. The second-order valence-electron chi connectivity index (χ2n) is 6.87. The summed E-state index contributed by atoms with van der Waals surface area (Å²) in [5, 5.41) is 4.07. The van der Waals surface area contributed by atoms with Crippen molar-refractivity contribution in [3.8, 4) is 11.6 Å². The Morgan fingerprint density at radius 3 is 2.59 bits per heavy atom. The summed E-state index contributed by atoms with van der Waals surface area (Å²) in [4.78, 5) is 17.9. The van der Waals surface area contributed by atoms with E-state index in [0.717, 1.165) is 6.07 Å². The van der Waals surface area contributed by atoms with E-state index in [1.54, 1.807) is 26.1 Å². The second kappa shape index (κ2) is 9.33. The molecule has 1 atom stereocenters. The number of carbonyl (C=O) groups excluding carboxylic acids is 1. The van der Waals surface area contributed by atoms with Crippen molar-refractivity contribution in [2.75, 3.05) is 13.2 Å². The van der Waals surface area contributed by atoms with Crippen molar-refractivity contribution < 1.29 is 31.5 Å². The molecule has 0 aliphatic rings. The fraction of sp³-hybridized carbons (Fsp3) is 0.286. The van der Waals surface area contributed by atoms with Gasteiger partial charge in [0.2, 0.25) is 5.88 Å². The van der Waals surface area contributed by atoms with Gasteiger partial charge in [-0.25, -0.2) is 18.4 Å². The van der Waals surface area contributed by atoms with Crippen LogP contribution in [0.15, 0.2) is 48.9 Å². The van der Waals surface area contributed by atoms with E-state index in [4.69, 9.17) is 4.74 Å². The van der Waals surface area contributed by atoms with Crippen molar-refractivity contribution in [2.24, 2.45) is 0 Å². The molecule has 0 bridgehead atoms. The summed E-state index contributed by atoms with van der Waals surface area (Å²) < 4.78 is 72.5. The van der Waals surface area contributed by atoms with Crippen molar-refractivity contribution in [3.63, 3.8) is 0 Å². The van der Waals surface area contributed by atoms with Gasteiger partial charge in [0.05, 0.1) is 22.9 Å². The van der Waals surface area contributed by atoms with E-state index in [0.29, 0.717) is 18.0 Å². The SMILES string of the molecule is CCN(C(=O)c1cc(F)ccc1-n1cccn1)[C@@H](C)COc1ncc(C(F)(F)F)cc1F. The highest BCUT2D eigenvalue weighted by molar-refractivity contribution is 5.98. The highest BCUT2D eigenvalue weighted by Crippen LogP contribution is 2.30. The van der Waals surface area contributed by atoms with Crippen LogP contribution in [0.2, 0.25) is 0 Å². The molecule has 0 aliphatic heterocycles. The van der Waals surface area contributed by atoms with E-state index in [2.05, 4.69) is 10.1 Å². The maximum Gasteiger partial charge on any atom is 0.417 e. The van der Waals surface area contributed by atoms with Crippen molar-refractivity contribution in [2.45, 2.75) is 26.1 Å². The number of halogens is 5. The van der Waals surface area contributed by atoms with Crippen LogP contribution in [-0.2, 0) is 6.18 Å². The summed E-state index contributed by atoms with van der Waals surface area (Å²) in [6.45, 7) is 3.26. The molecule has 0 N–H and O–H groups in total. The Morgan fingerprint density at radius 1 is 1.25 bits per heavy atom. The third-order valence-electron chi connectivity index (χ3n) is 4.67. The molecule has 0 saturated carbocycles. The van der Waals surface area contributed by atoms with Crippen LogP contribution in [0, 0.1) is 11.6 Å². The molecule has 3 rings (SSSR count). The number of rotatable bonds is 7. The normalized spacial score (nSPS) is 12.5. The molecule has 0 spiro atoms. The zero-order valence-corrected chi connectivity index (χ0v) is 17.1. The minimum Gasteiger partial charge on any atom is -0.473 e. The maximum absolute atomic E-state index is 14.0. The van der Waals surface area contributed by atoms with Crippen LogP contribution < -0.4 is 4.74 Å². The maximum atomic E-state index is 14.0. The van der Waals surface area contributed by atoms with Crippen LogP contribution in [0.3, 0.4) is 0 Å². The van der Waals surface area contributed by atoms with E-state index >= 15 is 0 Å². The fourth-order valence-corrected chi connectivity index (χ4v) is 3.08. The van der Waals surface area contributed by atoms with Crippen molar-refractivity contribution >= 4 is 5.91 Å². The smallest absolute Gasteiger partial charge is 0.417 e. The number of likely N-dealkylation sites (N-methyl/N-ethyl adjacent to an activating group) is 1. The summed E-state index contributed by atoms with van der Waals surface area (Å²) in [6.07, 6.45) is -1.15. The number of benzene rings is 1. The van der Waals surface area contributed by atoms with E-state index in [1.807, 2.05) is 0 Å². The number of hydrogen-bond acceptors (Lipinski definition) is 4. The third kappa shape index (κ3) is 5.04. The van der Waals surface area contributed by atoms with Gasteiger partial charge >= 0.3 is 6.18 Å². The van der Waals surface area contributed by atoms with Crippen LogP contribution in [0.5, 0.6) is 5.88 Å². The van der Waals surface area contributed by atoms with E-state index in [1.165, 1.54) is 27.9 Å². The lowest BCUT2D eigenvalue weighted by Gasteiger charge is -2.28. The molecule has 0 fully saturated rings. The Kier molecular flexibility index (Phi) is 6.75. The summed E-state index contributed by atoms with van der Waals surface area (Å²) in [5.41, 5.74) is -0.817. The third-order valence-corrected chi connectivity index (χ3v) is 4.67. The first-order valence-electron chi connectivity index (χ1n) is 9.58. The van der Waals surface area contributed by atoms with Gasteiger partial charge in [-0.3, -0.25) is 4.79 Å². The van der Waals surface area contributed by atoms with Crippen LogP contribution in [0.4, 0.5) is 22.0 Å². The van der Waals surface area contributed by atoms with E-state index in [9.17, 15) is 26.7 Å². The zero-order valence-electron chi connectivity index (χ0n) is 17.1. The molecule has 32 heavy (non-hydrogen) atoms. The van der Waals surface area contributed by atoms with Crippen LogP contribution in [0.25, 0.3) is 5.69 Å². The molecule has 2 heterocycles. The van der Waals surface area contributed by atoms with Crippen LogP contribution in [-0.4, -0.2) is 44.8 Å². The van der Waals surface area contributed by atoms with Crippen LogP contribution in [0.1, 0.15) is 29.8 Å². The quantitative estimate of drug-likeness (QED) is 0.494. The van der Waals surface area contributed by atoms with Crippen molar-refractivity contribution in [1.82, 2.24) is 19.7 Å². The molecule has 2 aromatic heterocycles. The number of nitrogens with zero attached hydrogens (tertiary/aromatic N) is 4. The Bertz CT molecular complexity index is 1090. The van der Waals surface area contributed by atoms with Gasteiger partial charge in [-0.15, -0.1) is 0 Å². The first-order valence-corrected chi connectivity index (χ1v) is 9.58. The first-order chi connectivity index (χ1) is 15.1. The standard InChI is InChI=1S/C21H19F5N4O2/c1-3-29(13(2)12-32-19-17(23)9-14(11-27-19)21(24,25)26)20(31)16-10-15(22)5-6-18(16)30-8-4-7-28-30/h4-11,13H,3,12H2,1-2H3/t13-/m0/s1. The molecule has 0 radical (unpaired) electrons. The molecule has 1 amide bonds. The van der Waals surface area contributed by atoms with E-state index in [-0.39, 0.29) is 18.7 Å². The molecular formula is C21H19F5N4O2. The average Bonchev–Trinajstić information content (AvgIpc) is 3.27. The number of amides is 1. The Labute approximate surface area is 180 Å². The van der Waals surface area contributed by atoms with Gasteiger partial charge in [-0.1, -0.05) is 0 Å². The van der Waals surface area contributed by atoms with Gasteiger partial charge in [0.15, 0.2) is 5.82 Å². The number of ether oxygens (including phenoxy) is 1. The molecule has 0 unspecified atom stereocenters.